The number of halogens is 1. The molecule has 0 rings (SSSR count). The van der Waals surface area contributed by atoms with Crippen LogP contribution in [0.2, 0.25) is 0 Å². The van der Waals surface area contributed by atoms with Crippen LogP contribution in [0.5, 0.6) is 0 Å². The molecule has 0 saturated heterocycles. The first-order valence-corrected chi connectivity index (χ1v) is 0. The van der Waals surface area contributed by atoms with Gasteiger partial charge >= 0.3 is 45.5 Å². The largest absolute Gasteiger partial charge is 2.00 e. The van der Waals surface area contributed by atoms with E-state index in [0.717, 1.165) is 0 Å². The summed E-state index contributed by atoms with van der Waals surface area (Å²) in [5, 5.41) is 0. The predicted octanol–water partition coefficient (Wildman–Crippen LogP) is -2.01. The van der Waals surface area contributed by atoms with E-state index in [4.69, 9.17) is 0 Å². The normalized spacial score (nSPS) is 0. The van der Waals surface area contributed by atoms with E-state index < -0.39 is 0 Å². The van der Waals surface area contributed by atoms with Crippen molar-refractivity contribution < 1.29 is 13.0 Å². The summed E-state index contributed by atoms with van der Waals surface area (Å²) in [4.78, 5) is 0. The van der Waals surface area contributed by atoms with Gasteiger partial charge in [0, 0.05) is 0 Å². The molecule has 1 nitrogen and oxygen atoms in total. The van der Waals surface area contributed by atoms with Crippen LogP contribution >= 0.6 is 0 Å². The number of hydrogen-bond donors (Lipinski definition) is 0. The third kappa shape index (κ3) is 9.08. The van der Waals surface area contributed by atoms with E-state index in [1.54, 1.807) is 0 Å². The molecule has 0 spiro atoms. The van der Waals surface area contributed by atoms with Gasteiger partial charge < -0.3 is 8.33 Å². The van der Waals surface area contributed by atoms with Crippen LogP contribution < -0.4 is 0 Å². The van der Waals surface area contributed by atoms with E-state index >= 15 is 0 Å². The van der Waals surface area contributed by atoms with Crippen molar-refractivity contribution in [2.75, 3.05) is 0 Å². The van der Waals surface area contributed by atoms with Crippen molar-refractivity contribution in [2.45, 2.75) is 0 Å². The van der Waals surface area contributed by atoms with Gasteiger partial charge in [-0.2, -0.15) is 0 Å². The Morgan fingerprint density at radius 3 is 1.25 bits per heavy atom. The minimum absolute atomic E-state index is 0. The van der Waals surface area contributed by atoms with Crippen LogP contribution in [0.15, 0.2) is 0 Å². The molecule has 26 valence electrons. The second-order valence-corrected chi connectivity index (χ2v) is 0. The van der Waals surface area contributed by atoms with Crippen LogP contribution in [0, 0.1) is 0 Å². The van der Waals surface area contributed by atoms with E-state index in [2.05, 4.69) is 0 Å². The van der Waals surface area contributed by atoms with Crippen LogP contribution in [-0.2, 0) is 0 Å². The maximum atomic E-state index is 0. The average molecular weight is 158 g/mol. The summed E-state index contributed by atoms with van der Waals surface area (Å²) >= 11 is 0. The molecule has 0 aliphatic heterocycles. The third-order valence-corrected chi connectivity index (χ3v) is 0. The molecule has 0 amide bonds. The molecule has 0 bridgehead atoms. The van der Waals surface area contributed by atoms with Crippen LogP contribution in [0.25, 0.3) is 0 Å². The molecule has 0 aromatic carbocycles. The smallest absolute Gasteiger partial charge is 1.00 e. The monoisotopic (exact) mass is 158 g/mol. The molecule has 0 atom stereocenters. The molecule has 0 heterocycles. The van der Waals surface area contributed by atoms with E-state index in [9.17, 15) is 0 Å². The van der Waals surface area contributed by atoms with E-state index in [1.165, 1.54) is 0 Å². The molecule has 2 N–H and O–H groups in total. The van der Waals surface area contributed by atoms with Gasteiger partial charge in [0.2, 0.25) is 0 Å². The van der Waals surface area contributed by atoms with Crippen molar-refractivity contribution in [2.24, 2.45) is 0 Å². The maximum Gasteiger partial charge on any atom is 2.00 e. The quantitative estimate of drug-likeness (QED) is 0.364. The topological polar surface area (TPSA) is 31.5 Å². The van der Waals surface area contributed by atoms with Gasteiger partial charge in [-0.15, -0.1) is 0 Å². The van der Waals surface area contributed by atoms with Crippen molar-refractivity contribution >= 4 is 62.8 Å². The van der Waals surface area contributed by atoms with Crippen LogP contribution in [0.3, 0.4) is 0 Å². The number of rotatable bonds is 0. The van der Waals surface area contributed by atoms with Crippen molar-refractivity contribution in [3.05, 3.63) is 0 Å². The van der Waals surface area contributed by atoms with Crippen molar-refractivity contribution in [1.29, 1.82) is 0 Å². The molecule has 0 aromatic rings. The number of hydrogen-bond acceptors (Lipinski definition) is 0. The van der Waals surface area contributed by atoms with E-state index in [1.807, 2.05) is 0 Å². The van der Waals surface area contributed by atoms with E-state index in [-0.39, 0.29) is 75.9 Å². The zero-order valence-corrected chi connectivity index (χ0v) is 5.09. The summed E-state index contributed by atoms with van der Waals surface area (Å²) in [5.74, 6) is 0. The van der Waals surface area contributed by atoms with Gasteiger partial charge in [0.1, 0.15) is 0 Å². The van der Waals surface area contributed by atoms with Gasteiger partial charge in [0.05, 0.1) is 0 Å². The Morgan fingerprint density at radius 2 is 1.25 bits per heavy atom. The Kier molecular flexibility index (Phi) is 202. The van der Waals surface area contributed by atoms with Crippen LogP contribution in [-0.4, -0.2) is 68.3 Å². The predicted molar refractivity (Wildman–Crippen MR) is 24.0 cm³/mol. The molecule has 0 aromatic heterocycles. The molecule has 4 heteroatoms. The first kappa shape index (κ1) is 39.2. The maximum absolute atomic E-state index is 0. The Balaban J connectivity index is 0. The molecule has 0 fully saturated rings. The third-order valence-electron chi connectivity index (χ3n) is 0. The molecule has 0 radical (unpaired) electrons. The Labute approximate surface area is 74.8 Å². The van der Waals surface area contributed by atoms with Crippen molar-refractivity contribution in [3.63, 3.8) is 0 Å². The summed E-state index contributed by atoms with van der Waals surface area (Å²) in [5.41, 5.74) is 0. The summed E-state index contributed by atoms with van der Waals surface area (Å²) in [6.45, 7) is 0. The van der Waals surface area contributed by atoms with Crippen molar-refractivity contribution in [3.8, 4) is 0 Å². The molecule has 4 heavy (non-hydrogen) atoms. The first-order chi connectivity index (χ1) is 0. The standard InChI is InChI=1S/Al.FH.H2O.Sr.5H/h;1H;1H2;;;;;;/q;;;+2;;;;2*-1. The SMILES string of the molecule is F.O.[AlH3].[H-].[H-].[Sr+2]. The first-order valence-electron chi connectivity index (χ1n) is 0. The van der Waals surface area contributed by atoms with Gasteiger partial charge in [0.25, 0.3) is 0 Å². The molecular weight excluding hydrogens is 150 g/mol. The van der Waals surface area contributed by atoms with Gasteiger partial charge in [-0.3, -0.25) is 4.70 Å². The minimum atomic E-state index is 0. The molecule has 0 saturated carbocycles. The second-order valence-electron chi connectivity index (χ2n) is 0. The van der Waals surface area contributed by atoms with Crippen LogP contribution in [0.1, 0.15) is 2.85 Å². The fourth-order valence-corrected chi connectivity index (χ4v) is 0. The van der Waals surface area contributed by atoms with Gasteiger partial charge in [-0.25, -0.2) is 0 Å². The van der Waals surface area contributed by atoms with E-state index in [0.29, 0.717) is 0 Å². The zero-order valence-electron chi connectivity index (χ0n) is 3.62. The summed E-state index contributed by atoms with van der Waals surface area (Å²) in [6, 6.07) is 0. The summed E-state index contributed by atoms with van der Waals surface area (Å²) in [7, 11) is 0. The van der Waals surface area contributed by atoms with Crippen molar-refractivity contribution in [1.82, 2.24) is 0 Å². The average Bonchev–Trinajstić information content (AvgIpc) is 0. The van der Waals surface area contributed by atoms with Crippen LogP contribution in [0.4, 0.5) is 4.70 Å². The van der Waals surface area contributed by atoms with Gasteiger partial charge in [-0.05, 0) is 0 Å². The molecule has 0 aliphatic rings. The summed E-state index contributed by atoms with van der Waals surface area (Å²) in [6.07, 6.45) is 0. The summed E-state index contributed by atoms with van der Waals surface area (Å²) < 4.78 is 0. The fourth-order valence-electron chi connectivity index (χ4n) is 0. The Bertz CT molecular complexity index is 13.5. The van der Waals surface area contributed by atoms with Gasteiger partial charge in [-0.1, -0.05) is 0 Å². The Morgan fingerprint density at radius 1 is 1.25 bits per heavy atom. The molecule has 0 unspecified atom stereocenters. The zero-order chi connectivity index (χ0) is 0. The Hall–Kier alpha value is 1.90. The molecule has 0 aliphatic carbocycles. The minimum Gasteiger partial charge on any atom is -1.00 e. The van der Waals surface area contributed by atoms with Gasteiger partial charge in [0.15, 0.2) is 17.4 Å². The second kappa shape index (κ2) is 20.6. The fraction of sp³-hybridized carbons (Fsp3) is 0. The molecular formula is H8AlFOSr.